The van der Waals surface area contributed by atoms with Gasteiger partial charge >= 0.3 is 0 Å². The molecule has 2 heterocycles. The fraction of sp³-hybridized carbons (Fsp3) is 0.667. The fourth-order valence-corrected chi connectivity index (χ4v) is 2.22. The van der Waals surface area contributed by atoms with Gasteiger partial charge in [-0.1, -0.05) is 6.92 Å². The molecule has 0 aromatic carbocycles. The Morgan fingerprint density at radius 2 is 2.05 bits per heavy atom. The highest BCUT2D eigenvalue weighted by Crippen LogP contribution is 2.17. The van der Waals surface area contributed by atoms with Gasteiger partial charge in [0.05, 0.1) is 6.61 Å². The molecule has 0 saturated carbocycles. The Morgan fingerprint density at radius 1 is 1.32 bits per heavy atom. The van der Waals surface area contributed by atoms with Crippen molar-refractivity contribution in [2.24, 2.45) is 5.84 Å². The van der Waals surface area contributed by atoms with Crippen LogP contribution in [0.5, 0.6) is 0 Å². The van der Waals surface area contributed by atoms with Crippen LogP contribution in [0, 0.1) is 0 Å². The van der Waals surface area contributed by atoms with Gasteiger partial charge in [-0.15, -0.1) is 0 Å². The van der Waals surface area contributed by atoms with E-state index in [1.807, 2.05) is 13.0 Å². The van der Waals surface area contributed by atoms with Gasteiger partial charge < -0.3 is 15.4 Å². The van der Waals surface area contributed by atoms with Crippen LogP contribution in [0.1, 0.15) is 12.7 Å². The van der Waals surface area contributed by atoms with Crippen LogP contribution in [-0.2, 0) is 6.42 Å². The lowest BCUT2D eigenvalue weighted by molar-refractivity contribution is 0.188. The number of nitrogens with two attached hydrogens (primary N) is 1. The van der Waals surface area contributed by atoms with E-state index < -0.39 is 0 Å². The van der Waals surface area contributed by atoms with E-state index in [2.05, 4.69) is 25.2 Å². The van der Waals surface area contributed by atoms with Crippen LogP contribution in [0.15, 0.2) is 6.07 Å². The Hall–Kier alpha value is -1.44. The largest absolute Gasteiger partial charge is 0.395 e. The lowest BCUT2D eigenvalue weighted by atomic mass is 10.3. The second kappa shape index (κ2) is 6.65. The van der Waals surface area contributed by atoms with Gasteiger partial charge in [0.2, 0.25) is 0 Å². The molecule has 7 nitrogen and oxygen atoms in total. The van der Waals surface area contributed by atoms with E-state index in [0.29, 0.717) is 5.82 Å². The average Bonchev–Trinajstić information content (AvgIpc) is 2.47. The summed E-state index contributed by atoms with van der Waals surface area (Å²) < 4.78 is 0. The standard InChI is InChI=1S/C12H22N6O/c1-2-10-14-11(16-13)9-12(15-10)18-5-3-17(4-6-18)7-8-19/h9,19H,2-8,13H2,1H3,(H,14,15,16). The van der Waals surface area contributed by atoms with E-state index in [4.69, 9.17) is 10.9 Å². The Morgan fingerprint density at radius 3 is 2.63 bits per heavy atom. The van der Waals surface area contributed by atoms with E-state index in [1.54, 1.807) is 0 Å². The number of aryl methyl sites for hydroxylation is 1. The summed E-state index contributed by atoms with van der Waals surface area (Å²) in [7, 11) is 0. The third-order valence-corrected chi connectivity index (χ3v) is 3.34. The first-order chi connectivity index (χ1) is 9.26. The summed E-state index contributed by atoms with van der Waals surface area (Å²) in [5, 5.41) is 8.94. The molecule has 0 unspecified atom stereocenters. The Kier molecular flexibility index (Phi) is 4.89. The van der Waals surface area contributed by atoms with Crippen LogP contribution in [0.2, 0.25) is 0 Å². The van der Waals surface area contributed by atoms with Crippen molar-refractivity contribution >= 4 is 11.6 Å². The number of hydrogen-bond donors (Lipinski definition) is 3. The fourth-order valence-electron chi connectivity index (χ4n) is 2.22. The molecule has 2 rings (SSSR count). The Bertz CT molecular complexity index is 383. The van der Waals surface area contributed by atoms with Crippen molar-refractivity contribution in [3.8, 4) is 0 Å². The summed E-state index contributed by atoms with van der Waals surface area (Å²) in [6.07, 6.45) is 0.785. The van der Waals surface area contributed by atoms with Crippen molar-refractivity contribution in [3.05, 3.63) is 11.9 Å². The summed E-state index contributed by atoms with van der Waals surface area (Å²) in [4.78, 5) is 13.3. The number of aromatic nitrogens is 2. The number of nitrogens with one attached hydrogen (secondary N) is 1. The zero-order chi connectivity index (χ0) is 13.7. The van der Waals surface area contributed by atoms with Gasteiger partial charge in [0.25, 0.3) is 0 Å². The highest BCUT2D eigenvalue weighted by molar-refractivity contribution is 5.49. The Balaban J connectivity index is 2.06. The minimum atomic E-state index is 0.217. The molecule has 1 fully saturated rings. The lowest BCUT2D eigenvalue weighted by Gasteiger charge is -2.35. The summed E-state index contributed by atoms with van der Waals surface area (Å²) >= 11 is 0. The number of rotatable bonds is 5. The molecular formula is C12H22N6O. The van der Waals surface area contributed by atoms with Gasteiger partial charge in [0.15, 0.2) is 0 Å². The second-order valence-corrected chi connectivity index (χ2v) is 4.58. The number of aliphatic hydroxyl groups excluding tert-OH is 1. The molecule has 0 aliphatic carbocycles. The van der Waals surface area contributed by atoms with E-state index in [-0.39, 0.29) is 6.61 Å². The van der Waals surface area contributed by atoms with Crippen LogP contribution in [0.4, 0.5) is 11.6 Å². The first-order valence-corrected chi connectivity index (χ1v) is 6.69. The third-order valence-electron chi connectivity index (χ3n) is 3.34. The van der Waals surface area contributed by atoms with E-state index >= 15 is 0 Å². The predicted octanol–water partition coefficient (Wildman–Crippen LogP) is -0.561. The van der Waals surface area contributed by atoms with Crippen molar-refractivity contribution < 1.29 is 5.11 Å². The zero-order valence-electron chi connectivity index (χ0n) is 11.3. The number of β-amino-alcohol motifs (C(OH)–C–C–N with tert-alkyl or cyclic N) is 1. The minimum absolute atomic E-state index is 0.217. The molecule has 1 aliphatic rings. The van der Waals surface area contributed by atoms with Crippen molar-refractivity contribution in [1.82, 2.24) is 14.9 Å². The maximum Gasteiger partial charge on any atom is 0.145 e. The number of hydrazine groups is 1. The summed E-state index contributed by atoms with van der Waals surface area (Å²) in [6.45, 7) is 6.68. The van der Waals surface area contributed by atoms with Crippen LogP contribution < -0.4 is 16.2 Å². The normalized spacial score (nSPS) is 16.7. The molecular weight excluding hydrogens is 244 g/mol. The Labute approximate surface area is 113 Å². The summed E-state index contributed by atoms with van der Waals surface area (Å²) in [5.41, 5.74) is 2.59. The third kappa shape index (κ3) is 3.52. The molecule has 1 aromatic rings. The number of aliphatic hydroxyl groups is 1. The molecule has 0 bridgehead atoms. The van der Waals surface area contributed by atoms with E-state index in [9.17, 15) is 0 Å². The van der Waals surface area contributed by atoms with Gasteiger partial charge in [0.1, 0.15) is 17.5 Å². The molecule has 0 amide bonds. The average molecular weight is 266 g/mol. The highest BCUT2D eigenvalue weighted by Gasteiger charge is 2.18. The maximum atomic E-state index is 8.94. The van der Waals surface area contributed by atoms with Gasteiger partial charge in [-0.2, -0.15) is 0 Å². The number of piperazine rings is 1. The topological polar surface area (TPSA) is 90.5 Å². The van der Waals surface area contributed by atoms with E-state index in [0.717, 1.165) is 50.8 Å². The molecule has 0 radical (unpaired) electrons. The highest BCUT2D eigenvalue weighted by atomic mass is 16.3. The van der Waals surface area contributed by atoms with Crippen LogP contribution >= 0.6 is 0 Å². The van der Waals surface area contributed by atoms with Gasteiger partial charge in [-0.3, -0.25) is 4.90 Å². The van der Waals surface area contributed by atoms with Crippen LogP contribution in [-0.4, -0.2) is 59.3 Å². The van der Waals surface area contributed by atoms with Gasteiger partial charge in [-0.25, -0.2) is 15.8 Å². The van der Waals surface area contributed by atoms with Crippen molar-refractivity contribution in [2.75, 3.05) is 49.7 Å². The summed E-state index contributed by atoms with van der Waals surface area (Å²) in [6, 6.07) is 1.88. The maximum absolute atomic E-state index is 8.94. The molecule has 19 heavy (non-hydrogen) atoms. The first kappa shape index (κ1) is 14.0. The van der Waals surface area contributed by atoms with Crippen molar-refractivity contribution in [2.45, 2.75) is 13.3 Å². The molecule has 1 aromatic heterocycles. The number of hydrogen-bond acceptors (Lipinski definition) is 7. The first-order valence-electron chi connectivity index (χ1n) is 6.69. The molecule has 1 aliphatic heterocycles. The molecule has 0 spiro atoms. The second-order valence-electron chi connectivity index (χ2n) is 4.58. The quantitative estimate of drug-likeness (QED) is 0.486. The SMILES string of the molecule is CCc1nc(NN)cc(N2CCN(CCO)CC2)n1. The van der Waals surface area contributed by atoms with Crippen LogP contribution in [0.3, 0.4) is 0 Å². The van der Waals surface area contributed by atoms with Gasteiger partial charge in [0, 0.05) is 45.2 Å². The molecule has 1 saturated heterocycles. The number of anilines is 2. The smallest absolute Gasteiger partial charge is 0.145 e. The van der Waals surface area contributed by atoms with Gasteiger partial charge in [-0.05, 0) is 0 Å². The molecule has 4 N–H and O–H groups in total. The molecule has 106 valence electrons. The van der Waals surface area contributed by atoms with Crippen LogP contribution in [0.25, 0.3) is 0 Å². The lowest BCUT2D eigenvalue weighted by Crippen LogP contribution is -2.47. The predicted molar refractivity (Wildman–Crippen MR) is 75.0 cm³/mol. The zero-order valence-corrected chi connectivity index (χ0v) is 11.3. The summed E-state index contributed by atoms with van der Waals surface area (Å²) in [5.74, 6) is 7.81. The van der Waals surface area contributed by atoms with Crippen molar-refractivity contribution in [3.63, 3.8) is 0 Å². The minimum Gasteiger partial charge on any atom is -0.395 e. The monoisotopic (exact) mass is 266 g/mol. The van der Waals surface area contributed by atoms with Crippen molar-refractivity contribution in [1.29, 1.82) is 0 Å². The number of nitrogen functional groups attached to an aromatic ring is 1. The molecule has 0 atom stereocenters. The molecule has 7 heteroatoms. The van der Waals surface area contributed by atoms with E-state index in [1.165, 1.54) is 0 Å². The number of nitrogens with zero attached hydrogens (tertiary/aromatic N) is 4.